The smallest absolute Gasteiger partial charge is 0.416 e. The van der Waals surface area contributed by atoms with Crippen molar-refractivity contribution in [2.45, 2.75) is 24.6 Å². The van der Waals surface area contributed by atoms with Gasteiger partial charge in [-0.2, -0.15) is 0 Å². The molecule has 13 heavy (non-hydrogen) atoms. The summed E-state index contributed by atoms with van der Waals surface area (Å²) < 4.78 is 4.75. The molecule has 1 saturated heterocycles. The van der Waals surface area contributed by atoms with Crippen LogP contribution in [0.5, 0.6) is 0 Å². The van der Waals surface area contributed by atoms with Crippen molar-refractivity contribution >= 4 is 27.9 Å². The molecule has 0 radical (unpaired) electrons. The Hall–Kier alpha value is -0.580. The summed E-state index contributed by atoms with van der Waals surface area (Å²) >= 11 is 3.21. The van der Waals surface area contributed by atoms with Crippen LogP contribution in [-0.4, -0.2) is 34.9 Å². The third-order valence-corrected chi connectivity index (χ3v) is 2.71. The molecule has 4 nitrogen and oxygen atoms in total. The van der Waals surface area contributed by atoms with Gasteiger partial charge in [0.05, 0.1) is 11.4 Å². The summed E-state index contributed by atoms with van der Waals surface area (Å²) in [6.45, 7) is 2.49. The van der Waals surface area contributed by atoms with E-state index in [4.69, 9.17) is 4.74 Å². The average molecular weight is 250 g/mol. The molecule has 0 aromatic carbocycles. The number of halogens is 1. The second kappa shape index (κ2) is 4.60. The van der Waals surface area contributed by atoms with E-state index in [2.05, 4.69) is 15.9 Å². The minimum absolute atomic E-state index is 0.190. The minimum Gasteiger partial charge on any atom is -0.449 e. The van der Waals surface area contributed by atoms with Crippen LogP contribution >= 0.6 is 15.9 Å². The molecule has 2 amide bonds. The topological polar surface area (TPSA) is 46.6 Å². The summed E-state index contributed by atoms with van der Waals surface area (Å²) in [5, 5.41) is 0. The molecule has 74 valence electrons. The third kappa shape index (κ3) is 2.43. The van der Waals surface area contributed by atoms with Crippen LogP contribution in [-0.2, 0) is 9.53 Å². The number of carbonyl (C=O) groups is 2. The van der Waals surface area contributed by atoms with Crippen molar-refractivity contribution < 1.29 is 14.3 Å². The first-order valence-corrected chi connectivity index (χ1v) is 5.20. The fraction of sp³-hybridized carbons (Fsp3) is 0.750. The van der Waals surface area contributed by atoms with E-state index in [1.165, 1.54) is 0 Å². The van der Waals surface area contributed by atoms with E-state index >= 15 is 0 Å². The van der Waals surface area contributed by atoms with Gasteiger partial charge in [0.1, 0.15) is 0 Å². The first kappa shape index (κ1) is 10.5. The summed E-state index contributed by atoms with van der Waals surface area (Å²) in [7, 11) is 0. The van der Waals surface area contributed by atoms with E-state index in [0.29, 0.717) is 13.2 Å². The third-order valence-electron chi connectivity index (χ3n) is 1.86. The molecule has 1 fully saturated rings. The highest BCUT2D eigenvalue weighted by Crippen LogP contribution is 2.18. The zero-order chi connectivity index (χ0) is 9.84. The number of carbonyl (C=O) groups excluding carboxylic acids is 2. The summed E-state index contributed by atoms with van der Waals surface area (Å²) in [4.78, 5) is 23.6. The largest absolute Gasteiger partial charge is 0.449 e. The Kier molecular flexibility index (Phi) is 3.71. The Bertz CT molecular complexity index is 219. The first-order valence-electron chi connectivity index (χ1n) is 4.29. The number of hydrogen-bond donors (Lipinski definition) is 0. The second-order valence-electron chi connectivity index (χ2n) is 2.80. The van der Waals surface area contributed by atoms with Crippen molar-refractivity contribution in [1.29, 1.82) is 0 Å². The Balaban J connectivity index is 2.57. The fourth-order valence-electron chi connectivity index (χ4n) is 1.21. The molecule has 5 heteroatoms. The Morgan fingerprint density at radius 3 is 3.08 bits per heavy atom. The number of rotatable bonds is 1. The molecule has 0 aromatic heterocycles. The number of nitrogens with zero attached hydrogens (tertiary/aromatic N) is 1. The zero-order valence-electron chi connectivity index (χ0n) is 7.46. The summed E-state index contributed by atoms with van der Waals surface area (Å²) in [6.07, 6.45) is 1.09. The zero-order valence-corrected chi connectivity index (χ0v) is 9.04. The van der Waals surface area contributed by atoms with Crippen LogP contribution in [0.15, 0.2) is 0 Å². The predicted molar refractivity (Wildman–Crippen MR) is 50.7 cm³/mol. The Morgan fingerprint density at radius 1 is 1.77 bits per heavy atom. The lowest BCUT2D eigenvalue weighted by Gasteiger charge is -2.26. The normalized spacial score (nSPS) is 23.1. The Morgan fingerprint density at radius 2 is 2.46 bits per heavy atom. The SMILES string of the molecule is CCOC(=O)N1CCC[C@H](Br)C1=O. The summed E-state index contributed by atoms with van der Waals surface area (Å²) in [5.41, 5.74) is 0. The number of hydrogen-bond acceptors (Lipinski definition) is 3. The van der Waals surface area contributed by atoms with Gasteiger partial charge in [-0.15, -0.1) is 0 Å². The molecule has 1 heterocycles. The Labute approximate surface area is 85.4 Å². The lowest BCUT2D eigenvalue weighted by molar-refractivity contribution is -0.130. The van der Waals surface area contributed by atoms with Crippen LogP contribution in [0.1, 0.15) is 19.8 Å². The van der Waals surface area contributed by atoms with Crippen LogP contribution in [0.4, 0.5) is 4.79 Å². The number of alkyl halides is 1. The van der Waals surface area contributed by atoms with Crippen LogP contribution in [0, 0.1) is 0 Å². The number of amides is 2. The molecule has 0 aromatic rings. The molecule has 1 rings (SSSR count). The van der Waals surface area contributed by atoms with E-state index in [-0.39, 0.29) is 10.7 Å². The van der Waals surface area contributed by atoms with Gasteiger partial charge in [-0.1, -0.05) is 15.9 Å². The molecular weight excluding hydrogens is 238 g/mol. The van der Waals surface area contributed by atoms with E-state index < -0.39 is 6.09 Å². The highest BCUT2D eigenvalue weighted by atomic mass is 79.9. The molecule has 0 saturated carbocycles. The van der Waals surface area contributed by atoms with Crippen molar-refractivity contribution in [2.24, 2.45) is 0 Å². The van der Waals surface area contributed by atoms with Gasteiger partial charge >= 0.3 is 6.09 Å². The molecule has 0 unspecified atom stereocenters. The minimum atomic E-state index is -0.531. The lowest BCUT2D eigenvalue weighted by atomic mass is 10.1. The monoisotopic (exact) mass is 249 g/mol. The molecule has 1 atom stereocenters. The van der Waals surface area contributed by atoms with Crippen molar-refractivity contribution in [3.8, 4) is 0 Å². The maximum atomic E-state index is 11.4. The molecule has 0 N–H and O–H groups in total. The van der Waals surface area contributed by atoms with Crippen molar-refractivity contribution in [3.05, 3.63) is 0 Å². The van der Waals surface area contributed by atoms with E-state index in [9.17, 15) is 9.59 Å². The summed E-state index contributed by atoms with van der Waals surface area (Å²) in [6, 6.07) is 0. The van der Waals surface area contributed by atoms with E-state index in [0.717, 1.165) is 17.7 Å². The van der Waals surface area contributed by atoms with E-state index in [1.807, 2.05) is 0 Å². The summed E-state index contributed by atoms with van der Waals surface area (Å²) in [5.74, 6) is -0.190. The van der Waals surface area contributed by atoms with Crippen molar-refractivity contribution in [3.63, 3.8) is 0 Å². The predicted octanol–water partition coefficient (Wildman–Crippen LogP) is 1.53. The van der Waals surface area contributed by atoms with Crippen LogP contribution in [0.3, 0.4) is 0 Å². The van der Waals surface area contributed by atoms with Gasteiger partial charge < -0.3 is 4.74 Å². The number of likely N-dealkylation sites (tertiary alicyclic amines) is 1. The van der Waals surface area contributed by atoms with Gasteiger partial charge in [-0.3, -0.25) is 4.79 Å². The van der Waals surface area contributed by atoms with Crippen LogP contribution in [0.2, 0.25) is 0 Å². The maximum Gasteiger partial charge on any atom is 0.416 e. The van der Waals surface area contributed by atoms with Gasteiger partial charge in [0, 0.05) is 6.54 Å². The molecule has 0 aliphatic carbocycles. The average Bonchev–Trinajstić information content (AvgIpc) is 2.10. The number of piperidine rings is 1. The van der Waals surface area contributed by atoms with Gasteiger partial charge in [-0.05, 0) is 19.8 Å². The highest BCUT2D eigenvalue weighted by Gasteiger charge is 2.31. The van der Waals surface area contributed by atoms with Gasteiger partial charge in [0.2, 0.25) is 5.91 Å². The molecular formula is C8H12BrNO3. The fourth-order valence-corrected chi connectivity index (χ4v) is 1.78. The highest BCUT2D eigenvalue weighted by molar-refractivity contribution is 9.10. The number of ether oxygens (including phenoxy) is 1. The second-order valence-corrected chi connectivity index (χ2v) is 3.90. The quantitative estimate of drug-likeness (QED) is 0.663. The molecule has 1 aliphatic heterocycles. The van der Waals surface area contributed by atoms with Crippen LogP contribution in [0.25, 0.3) is 0 Å². The lowest BCUT2D eigenvalue weighted by Crippen LogP contribution is -2.45. The molecule has 0 spiro atoms. The molecule has 0 bridgehead atoms. The van der Waals surface area contributed by atoms with Gasteiger partial charge in [0.25, 0.3) is 0 Å². The maximum absolute atomic E-state index is 11.4. The van der Waals surface area contributed by atoms with Crippen LogP contribution < -0.4 is 0 Å². The standard InChI is InChI=1S/C8H12BrNO3/c1-2-13-8(12)10-5-3-4-6(9)7(10)11/h6H,2-5H2,1H3/t6-/m0/s1. The molecule has 1 aliphatic rings. The number of imide groups is 1. The van der Waals surface area contributed by atoms with Crippen molar-refractivity contribution in [1.82, 2.24) is 4.90 Å². The van der Waals surface area contributed by atoms with Gasteiger partial charge in [-0.25, -0.2) is 9.69 Å². The van der Waals surface area contributed by atoms with Gasteiger partial charge in [0.15, 0.2) is 0 Å². The van der Waals surface area contributed by atoms with E-state index in [1.54, 1.807) is 6.92 Å². The first-order chi connectivity index (χ1) is 6.16. The van der Waals surface area contributed by atoms with Crippen molar-refractivity contribution in [2.75, 3.05) is 13.2 Å².